The van der Waals surface area contributed by atoms with Gasteiger partial charge in [-0.1, -0.05) is 6.07 Å². The lowest BCUT2D eigenvalue weighted by Gasteiger charge is -2.15. The quantitative estimate of drug-likeness (QED) is 0.388. The van der Waals surface area contributed by atoms with E-state index < -0.39 is 0 Å². The third kappa shape index (κ3) is 5.14. The van der Waals surface area contributed by atoms with E-state index >= 15 is 0 Å². The number of ketones is 1. The number of hydrogen-bond donors (Lipinski definition) is 0. The van der Waals surface area contributed by atoms with Crippen LogP contribution >= 0.6 is 0 Å². The van der Waals surface area contributed by atoms with E-state index in [0.29, 0.717) is 11.9 Å². The van der Waals surface area contributed by atoms with Crippen LogP contribution in [0.5, 0.6) is 0 Å². The summed E-state index contributed by atoms with van der Waals surface area (Å²) in [5.41, 5.74) is 5.29. The molecule has 4 heteroatoms. The molecule has 0 radical (unpaired) electrons. The topological polar surface area (TPSA) is 42.9 Å². The zero-order valence-electron chi connectivity index (χ0n) is 16.5. The van der Waals surface area contributed by atoms with Gasteiger partial charge in [0.2, 0.25) is 0 Å². The minimum atomic E-state index is -0.297. The Hall–Kier alpha value is -2.88. The average molecular weight is 388 g/mol. The highest BCUT2D eigenvalue weighted by atomic mass is 19.1. The van der Waals surface area contributed by atoms with E-state index in [-0.39, 0.29) is 11.6 Å². The molecule has 1 aromatic carbocycles. The largest absolute Gasteiger partial charge is 0.295 e. The van der Waals surface area contributed by atoms with Crippen LogP contribution in [0.2, 0.25) is 0 Å². The fraction of sp³-hybridized carbons (Fsp3) is 0.320. The van der Waals surface area contributed by atoms with Crippen LogP contribution in [0.25, 0.3) is 17.0 Å². The minimum Gasteiger partial charge on any atom is -0.295 e. The van der Waals surface area contributed by atoms with Gasteiger partial charge in [0.15, 0.2) is 5.78 Å². The van der Waals surface area contributed by atoms with Crippen LogP contribution in [0.15, 0.2) is 48.7 Å². The van der Waals surface area contributed by atoms with Crippen LogP contribution in [-0.2, 0) is 24.1 Å². The number of carbonyl (C=O) groups is 1. The summed E-state index contributed by atoms with van der Waals surface area (Å²) in [6.45, 7) is 0. The van der Waals surface area contributed by atoms with Crippen molar-refractivity contribution in [2.45, 2.75) is 51.4 Å². The molecule has 4 rings (SSSR count). The molecule has 1 aliphatic rings. The van der Waals surface area contributed by atoms with E-state index in [2.05, 4.69) is 17.1 Å². The molecule has 2 aromatic heterocycles. The number of halogens is 1. The van der Waals surface area contributed by atoms with Crippen molar-refractivity contribution in [3.8, 4) is 0 Å². The molecule has 0 N–H and O–H groups in total. The van der Waals surface area contributed by atoms with Crippen LogP contribution < -0.4 is 0 Å². The minimum absolute atomic E-state index is 0.114. The highest BCUT2D eigenvalue weighted by Gasteiger charge is 2.10. The molecule has 29 heavy (non-hydrogen) atoms. The van der Waals surface area contributed by atoms with Crippen molar-refractivity contribution in [2.24, 2.45) is 0 Å². The zero-order chi connectivity index (χ0) is 20.1. The highest BCUT2D eigenvalue weighted by molar-refractivity contribution is 5.94. The molecule has 3 aromatic rings. The molecule has 0 aliphatic heterocycles. The van der Waals surface area contributed by atoms with Crippen molar-refractivity contribution >= 4 is 22.8 Å². The number of nitrogens with zero attached hydrogens (tertiary/aromatic N) is 2. The number of rotatable bonds is 7. The summed E-state index contributed by atoms with van der Waals surface area (Å²) in [6, 6.07) is 10.8. The van der Waals surface area contributed by atoms with Crippen molar-refractivity contribution in [3.05, 3.63) is 77.0 Å². The fourth-order valence-corrected chi connectivity index (χ4v) is 3.85. The third-order valence-electron chi connectivity index (χ3n) is 5.47. The maximum absolute atomic E-state index is 13.2. The van der Waals surface area contributed by atoms with Gasteiger partial charge in [-0.25, -0.2) is 4.39 Å². The van der Waals surface area contributed by atoms with Gasteiger partial charge in [-0.05, 0) is 92.5 Å². The second-order valence-electron chi connectivity index (χ2n) is 7.73. The number of fused-ring (bicyclic) bond motifs is 2. The molecule has 0 fully saturated rings. The van der Waals surface area contributed by atoms with Gasteiger partial charge in [0.25, 0.3) is 0 Å². The molecule has 0 bridgehead atoms. The van der Waals surface area contributed by atoms with E-state index in [1.54, 1.807) is 24.4 Å². The summed E-state index contributed by atoms with van der Waals surface area (Å²) >= 11 is 0. The Bertz CT molecular complexity index is 1060. The molecular formula is C25H25FN2O. The Labute approximate surface area is 170 Å². The van der Waals surface area contributed by atoms with Crippen molar-refractivity contribution in [3.63, 3.8) is 0 Å². The van der Waals surface area contributed by atoms with Crippen molar-refractivity contribution in [2.75, 3.05) is 0 Å². The van der Waals surface area contributed by atoms with Gasteiger partial charge in [0.1, 0.15) is 5.82 Å². The second-order valence-corrected chi connectivity index (χ2v) is 7.73. The molecule has 0 spiro atoms. The fourth-order valence-electron chi connectivity index (χ4n) is 3.85. The molecule has 1 aliphatic carbocycles. The second kappa shape index (κ2) is 9.08. The molecule has 0 amide bonds. The Morgan fingerprint density at radius 1 is 1.07 bits per heavy atom. The summed E-state index contributed by atoms with van der Waals surface area (Å²) in [5.74, 6) is -0.184. The standard InChI is InChI=1S/C25H25FN2O/c26-21-12-10-20-15-18(17-27-25(20)16-21)9-14-23(29)7-3-2-6-22-13-11-19-5-1-4-8-24(19)28-22/h9-17H,1-8H2/b14-9+. The molecule has 0 unspecified atom stereocenters. The lowest BCUT2D eigenvalue weighted by Crippen LogP contribution is -2.07. The number of hydrogen-bond acceptors (Lipinski definition) is 3. The molecule has 2 heterocycles. The number of benzene rings is 1. The van der Waals surface area contributed by atoms with Gasteiger partial charge in [-0.3, -0.25) is 14.8 Å². The molecule has 148 valence electrons. The molecule has 0 saturated carbocycles. The predicted octanol–water partition coefficient (Wildman–Crippen LogP) is 5.64. The van der Waals surface area contributed by atoms with E-state index in [1.165, 1.54) is 36.2 Å². The maximum Gasteiger partial charge on any atom is 0.155 e. The predicted molar refractivity (Wildman–Crippen MR) is 114 cm³/mol. The molecule has 3 nitrogen and oxygen atoms in total. The van der Waals surface area contributed by atoms with Crippen LogP contribution in [-0.4, -0.2) is 15.8 Å². The Morgan fingerprint density at radius 2 is 1.97 bits per heavy atom. The van der Waals surface area contributed by atoms with Crippen LogP contribution in [0, 0.1) is 5.82 Å². The van der Waals surface area contributed by atoms with Crippen LogP contribution in [0.1, 0.15) is 54.6 Å². The number of pyridine rings is 2. The average Bonchev–Trinajstić information content (AvgIpc) is 2.75. The molecule has 0 saturated heterocycles. The summed E-state index contributed by atoms with van der Waals surface area (Å²) in [5, 5.41) is 0.860. The summed E-state index contributed by atoms with van der Waals surface area (Å²) in [7, 11) is 0. The van der Waals surface area contributed by atoms with Gasteiger partial charge in [-0.15, -0.1) is 0 Å². The lowest BCUT2D eigenvalue weighted by atomic mass is 9.95. The zero-order valence-corrected chi connectivity index (χ0v) is 16.5. The monoisotopic (exact) mass is 388 g/mol. The van der Waals surface area contributed by atoms with Gasteiger partial charge < -0.3 is 0 Å². The Balaban J connectivity index is 1.25. The normalized spacial score (nSPS) is 13.7. The van der Waals surface area contributed by atoms with Gasteiger partial charge in [0, 0.05) is 35.5 Å². The van der Waals surface area contributed by atoms with Crippen molar-refractivity contribution < 1.29 is 9.18 Å². The first kappa shape index (κ1) is 19.4. The maximum atomic E-state index is 13.2. The number of allylic oxidation sites excluding steroid dienone is 1. The Morgan fingerprint density at radius 3 is 2.90 bits per heavy atom. The first-order chi connectivity index (χ1) is 14.2. The van der Waals surface area contributed by atoms with Crippen molar-refractivity contribution in [1.29, 1.82) is 0 Å². The summed E-state index contributed by atoms with van der Waals surface area (Å²) in [6.07, 6.45) is 13.1. The lowest BCUT2D eigenvalue weighted by molar-refractivity contribution is -0.114. The smallest absolute Gasteiger partial charge is 0.155 e. The van der Waals surface area contributed by atoms with Crippen LogP contribution in [0.4, 0.5) is 4.39 Å². The number of aromatic nitrogens is 2. The third-order valence-corrected chi connectivity index (χ3v) is 5.47. The molecular weight excluding hydrogens is 363 g/mol. The van der Waals surface area contributed by atoms with Gasteiger partial charge in [-0.2, -0.15) is 0 Å². The summed E-state index contributed by atoms with van der Waals surface area (Å²) < 4.78 is 13.2. The van der Waals surface area contributed by atoms with E-state index in [0.717, 1.165) is 48.7 Å². The van der Waals surface area contributed by atoms with Crippen LogP contribution in [0.3, 0.4) is 0 Å². The SMILES string of the molecule is O=C(/C=C/c1cnc2cc(F)ccc2c1)CCCCc1ccc2c(n1)CCCC2. The molecule has 0 atom stereocenters. The number of carbonyl (C=O) groups excluding carboxylic acids is 1. The highest BCUT2D eigenvalue weighted by Crippen LogP contribution is 2.20. The van der Waals surface area contributed by atoms with E-state index in [4.69, 9.17) is 4.98 Å². The Kier molecular flexibility index (Phi) is 6.09. The number of unbranched alkanes of at least 4 members (excludes halogenated alkanes) is 1. The van der Waals surface area contributed by atoms with Gasteiger partial charge in [0.05, 0.1) is 5.52 Å². The first-order valence-electron chi connectivity index (χ1n) is 10.4. The van der Waals surface area contributed by atoms with E-state index in [1.807, 2.05) is 6.07 Å². The van der Waals surface area contributed by atoms with Gasteiger partial charge >= 0.3 is 0 Å². The van der Waals surface area contributed by atoms with E-state index in [9.17, 15) is 9.18 Å². The van der Waals surface area contributed by atoms with Crippen molar-refractivity contribution in [1.82, 2.24) is 9.97 Å². The first-order valence-corrected chi connectivity index (χ1v) is 10.4. The number of aryl methyl sites for hydroxylation is 3. The summed E-state index contributed by atoms with van der Waals surface area (Å²) in [4.78, 5) is 21.2.